The second kappa shape index (κ2) is 5.80. The molecule has 0 unspecified atom stereocenters. The molecule has 0 fully saturated rings. The van der Waals surface area contributed by atoms with Gasteiger partial charge in [0.2, 0.25) is 5.91 Å². The number of H-pyrrole nitrogens is 1. The van der Waals surface area contributed by atoms with Crippen molar-refractivity contribution in [2.45, 2.75) is 12.5 Å². The highest BCUT2D eigenvalue weighted by molar-refractivity contribution is 9.10. The highest BCUT2D eigenvalue weighted by Crippen LogP contribution is 2.43. The number of aromatic amines is 1. The first-order valence-electron chi connectivity index (χ1n) is 8.02. The van der Waals surface area contributed by atoms with Crippen LogP contribution in [-0.4, -0.2) is 42.0 Å². The maximum Gasteiger partial charge on any atom is 0.228 e. The molecule has 24 heavy (non-hydrogen) atoms. The summed E-state index contributed by atoms with van der Waals surface area (Å²) in [5.74, 6) is 2.29. The first kappa shape index (κ1) is 15.5. The molecular weight excluding hydrogens is 366 g/mol. The first-order valence-corrected chi connectivity index (χ1v) is 8.82. The number of aromatic nitrogens is 1. The summed E-state index contributed by atoms with van der Waals surface area (Å²) in [5.41, 5.74) is 4.93. The summed E-state index contributed by atoms with van der Waals surface area (Å²) in [7, 11) is 2.09. The predicted molar refractivity (Wildman–Crippen MR) is 99.4 cm³/mol. The number of fused-ring (bicyclic) bond motifs is 2. The van der Waals surface area contributed by atoms with Gasteiger partial charge in [-0.1, -0.05) is 24.1 Å². The Bertz CT molecular complexity index is 905. The molecule has 4 nitrogen and oxygen atoms in total. The van der Waals surface area contributed by atoms with Crippen molar-refractivity contribution >= 4 is 38.3 Å². The van der Waals surface area contributed by atoms with Crippen LogP contribution in [-0.2, 0) is 11.2 Å². The number of carbonyl (C=O) groups is 1. The number of hydrogen-bond donors (Lipinski definition) is 2. The lowest BCUT2D eigenvalue weighted by atomic mass is 9.80. The van der Waals surface area contributed by atoms with Crippen molar-refractivity contribution in [3.8, 4) is 12.3 Å². The number of nitrogens with one attached hydrogen (secondary N) is 2. The molecule has 2 aliphatic rings. The van der Waals surface area contributed by atoms with Gasteiger partial charge in [-0.25, -0.2) is 0 Å². The molecule has 2 heterocycles. The molecule has 2 atom stereocenters. The lowest BCUT2D eigenvalue weighted by Gasteiger charge is -2.39. The normalized spacial score (nSPS) is 22.6. The standard InChI is InChI=1S/C19H18BrN3O/c1-3-7-21-19(24)11-8-13-12-5-4-6-15-17(12)14(18(20)22-15)9-16(13)23(2)10-11/h1,4-6,8,11,16,22H,7,9-10H2,2H3,(H,21,24)/t11-,16-/m1/s1. The van der Waals surface area contributed by atoms with Crippen molar-refractivity contribution in [3.05, 3.63) is 40.0 Å². The van der Waals surface area contributed by atoms with Crippen LogP contribution >= 0.6 is 15.9 Å². The maximum atomic E-state index is 12.4. The van der Waals surface area contributed by atoms with Crippen molar-refractivity contribution in [2.24, 2.45) is 5.92 Å². The number of terminal acetylenes is 1. The second-order valence-corrected chi connectivity index (χ2v) is 7.25. The highest BCUT2D eigenvalue weighted by Gasteiger charge is 2.36. The van der Waals surface area contributed by atoms with E-state index in [4.69, 9.17) is 6.42 Å². The number of halogens is 1. The molecule has 1 amide bonds. The molecule has 1 aliphatic heterocycles. The van der Waals surface area contributed by atoms with E-state index >= 15 is 0 Å². The summed E-state index contributed by atoms with van der Waals surface area (Å²) in [6, 6.07) is 6.61. The van der Waals surface area contributed by atoms with Crippen LogP contribution in [0.1, 0.15) is 11.1 Å². The number of nitrogens with zero attached hydrogens (tertiary/aromatic N) is 1. The predicted octanol–water partition coefficient (Wildman–Crippen LogP) is 2.55. The lowest BCUT2D eigenvalue weighted by Crippen LogP contribution is -2.46. The van der Waals surface area contributed by atoms with Crippen molar-refractivity contribution in [3.63, 3.8) is 0 Å². The third-order valence-electron chi connectivity index (χ3n) is 5.04. The molecule has 2 aromatic rings. The van der Waals surface area contributed by atoms with Gasteiger partial charge in [0.15, 0.2) is 0 Å². The zero-order chi connectivity index (χ0) is 16.8. The van der Waals surface area contributed by atoms with Crippen LogP contribution in [0.3, 0.4) is 0 Å². The Morgan fingerprint density at radius 2 is 2.38 bits per heavy atom. The monoisotopic (exact) mass is 383 g/mol. The van der Waals surface area contributed by atoms with Gasteiger partial charge in [-0.3, -0.25) is 9.69 Å². The van der Waals surface area contributed by atoms with E-state index in [1.165, 1.54) is 22.1 Å². The van der Waals surface area contributed by atoms with Crippen molar-refractivity contribution < 1.29 is 4.79 Å². The van der Waals surface area contributed by atoms with E-state index in [0.29, 0.717) is 12.6 Å². The third-order valence-corrected chi connectivity index (χ3v) is 5.72. The van der Waals surface area contributed by atoms with Gasteiger partial charge in [-0.2, -0.15) is 0 Å². The van der Waals surface area contributed by atoms with E-state index in [0.717, 1.165) is 16.5 Å². The van der Waals surface area contributed by atoms with E-state index in [-0.39, 0.29) is 18.4 Å². The van der Waals surface area contributed by atoms with Crippen LogP contribution in [0, 0.1) is 18.3 Å². The maximum absolute atomic E-state index is 12.4. The molecular formula is C19H18BrN3O. The number of rotatable bonds is 2. The molecule has 1 aromatic heterocycles. The fourth-order valence-corrected chi connectivity index (χ4v) is 4.50. The Hall–Kier alpha value is -2.03. The third kappa shape index (κ3) is 2.29. The van der Waals surface area contributed by atoms with E-state index in [1.54, 1.807) is 0 Å². The van der Waals surface area contributed by atoms with Gasteiger partial charge in [0.1, 0.15) is 0 Å². The molecule has 0 bridgehead atoms. The van der Waals surface area contributed by atoms with E-state index < -0.39 is 0 Å². The molecule has 2 N–H and O–H groups in total. The number of carbonyl (C=O) groups excluding carboxylic acids is 1. The number of likely N-dealkylation sites (N-methyl/N-ethyl adjacent to an activating group) is 1. The minimum Gasteiger partial charge on any atom is -0.349 e. The Labute approximate surface area is 149 Å². The van der Waals surface area contributed by atoms with Crippen molar-refractivity contribution in [1.82, 2.24) is 15.2 Å². The summed E-state index contributed by atoms with van der Waals surface area (Å²) < 4.78 is 1.06. The van der Waals surface area contributed by atoms with E-state index in [9.17, 15) is 4.79 Å². The number of hydrogen-bond acceptors (Lipinski definition) is 2. The molecule has 1 aliphatic carbocycles. The summed E-state index contributed by atoms with van der Waals surface area (Å²) in [6.45, 7) is 0.980. The van der Waals surface area contributed by atoms with Gasteiger partial charge in [-0.05, 0) is 52.2 Å². The van der Waals surface area contributed by atoms with Gasteiger partial charge in [0.05, 0.1) is 17.1 Å². The van der Waals surface area contributed by atoms with E-state index in [2.05, 4.69) is 68.4 Å². The molecule has 0 saturated carbocycles. The highest BCUT2D eigenvalue weighted by atomic mass is 79.9. The molecule has 5 heteroatoms. The topological polar surface area (TPSA) is 48.1 Å². The fourth-order valence-electron chi connectivity index (χ4n) is 3.93. The van der Waals surface area contributed by atoms with Crippen molar-refractivity contribution in [1.29, 1.82) is 0 Å². The van der Waals surface area contributed by atoms with E-state index in [1.807, 2.05) is 0 Å². The summed E-state index contributed by atoms with van der Waals surface area (Å²) >= 11 is 3.66. The van der Waals surface area contributed by atoms with Gasteiger partial charge in [0.25, 0.3) is 0 Å². The molecule has 0 radical (unpaired) electrons. The number of benzene rings is 1. The average molecular weight is 384 g/mol. The fraction of sp³-hybridized carbons (Fsp3) is 0.316. The Kier molecular flexibility index (Phi) is 3.75. The zero-order valence-corrected chi connectivity index (χ0v) is 15.0. The zero-order valence-electron chi connectivity index (χ0n) is 13.4. The van der Waals surface area contributed by atoms with Crippen LogP contribution in [0.15, 0.2) is 28.9 Å². The van der Waals surface area contributed by atoms with Gasteiger partial charge < -0.3 is 10.3 Å². The summed E-state index contributed by atoms with van der Waals surface area (Å²) in [4.78, 5) is 18.1. The smallest absolute Gasteiger partial charge is 0.228 e. The Balaban J connectivity index is 1.82. The minimum atomic E-state index is -0.172. The molecule has 122 valence electrons. The van der Waals surface area contributed by atoms with Crippen LogP contribution in [0.5, 0.6) is 0 Å². The average Bonchev–Trinajstić information content (AvgIpc) is 2.90. The molecule has 4 rings (SSSR count). The SMILES string of the molecule is C#CCNC(=O)[C@@H]1C=C2c3cccc4[nH]c(Br)c(c34)C[C@H]2N(C)C1. The van der Waals surface area contributed by atoms with Crippen LogP contribution in [0.4, 0.5) is 0 Å². The van der Waals surface area contributed by atoms with Gasteiger partial charge in [0, 0.05) is 23.5 Å². The Morgan fingerprint density at radius 3 is 3.17 bits per heavy atom. The summed E-state index contributed by atoms with van der Waals surface area (Å²) in [6.07, 6.45) is 8.33. The molecule has 0 saturated heterocycles. The lowest BCUT2D eigenvalue weighted by molar-refractivity contribution is -0.124. The first-order chi connectivity index (χ1) is 11.6. The van der Waals surface area contributed by atoms with Crippen molar-refractivity contribution in [2.75, 3.05) is 20.1 Å². The quantitative estimate of drug-likeness (QED) is 0.782. The van der Waals surface area contributed by atoms with Crippen LogP contribution in [0.2, 0.25) is 0 Å². The second-order valence-electron chi connectivity index (χ2n) is 6.46. The van der Waals surface area contributed by atoms with Gasteiger partial charge >= 0.3 is 0 Å². The summed E-state index contributed by atoms with van der Waals surface area (Å²) in [5, 5.41) is 4.07. The van der Waals surface area contributed by atoms with Crippen LogP contribution in [0.25, 0.3) is 16.5 Å². The molecule has 1 aromatic carbocycles. The minimum absolute atomic E-state index is 0.000953. The largest absolute Gasteiger partial charge is 0.349 e. The van der Waals surface area contributed by atoms with Crippen LogP contribution < -0.4 is 5.32 Å². The Morgan fingerprint density at radius 1 is 1.54 bits per heavy atom. The number of amides is 1. The molecule has 0 spiro atoms. The van der Waals surface area contributed by atoms with Gasteiger partial charge in [-0.15, -0.1) is 6.42 Å².